The molecule has 3 heterocycles. The van der Waals surface area contributed by atoms with Crippen LogP contribution in [-0.4, -0.2) is 23.6 Å². The number of rotatable bonds is 4. The number of fused-ring (bicyclic) bond motifs is 1. The minimum Gasteiger partial charge on any atom is -0.490 e. The van der Waals surface area contributed by atoms with E-state index in [1.807, 2.05) is 6.92 Å². The Morgan fingerprint density at radius 1 is 1.17 bits per heavy atom. The summed E-state index contributed by atoms with van der Waals surface area (Å²) in [5.41, 5.74) is 6.07. The van der Waals surface area contributed by atoms with Crippen LogP contribution < -0.4 is 15.4 Å². The van der Waals surface area contributed by atoms with Crippen LogP contribution in [0.2, 0.25) is 0 Å². The highest BCUT2D eigenvalue weighted by molar-refractivity contribution is 14.0. The molecule has 0 fully saturated rings. The molecule has 156 valence electrons. The third-order valence-corrected chi connectivity index (χ3v) is 6.17. The van der Waals surface area contributed by atoms with Gasteiger partial charge in [0.25, 0.3) is 0 Å². The van der Waals surface area contributed by atoms with E-state index in [2.05, 4.69) is 75.4 Å². The molecule has 2 unspecified atom stereocenters. The van der Waals surface area contributed by atoms with Crippen molar-refractivity contribution in [1.29, 1.82) is 0 Å². The zero-order chi connectivity index (χ0) is 19.8. The summed E-state index contributed by atoms with van der Waals surface area (Å²) in [4.78, 5) is 9.13. The number of thiazole rings is 1. The van der Waals surface area contributed by atoms with E-state index in [0.717, 1.165) is 41.9 Å². The molecular weight excluding hydrogens is 507 g/mol. The summed E-state index contributed by atoms with van der Waals surface area (Å²) in [6.45, 7) is 5.62. The zero-order valence-corrected chi connectivity index (χ0v) is 20.2. The highest BCUT2D eigenvalue weighted by Gasteiger charge is 2.21. The second-order valence-electron chi connectivity index (χ2n) is 7.68. The number of aliphatic imine (C=N–C) groups is 1. The Morgan fingerprint density at radius 2 is 1.97 bits per heavy atom. The Kier molecular flexibility index (Phi) is 6.29. The first kappa shape index (κ1) is 21.1. The van der Waals surface area contributed by atoms with Gasteiger partial charge in [-0.1, -0.05) is 30.3 Å². The van der Waals surface area contributed by atoms with Crippen molar-refractivity contribution in [3.8, 4) is 16.9 Å². The van der Waals surface area contributed by atoms with Gasteiger partial charge in [0.05, 0.1) is 23.3 Å². The van der Waals surface area contributed by atoms with Gasteiger partial charge in [-0.25, -0.2) is 4.98 Å². The number of ether oxygens (including phenoxy) is 1. The van der Waals surface area contributed by atoms with E-state index in [1.54, 1.807) is 11.3 Å². The molecule has 5 rings (SSSR count). The van der Waals surface area contributed by atoms with Gasteiger partial charge in [-0.3, -0.25) is 4.99 Å². The van der Waals surface area contributed by atoms with Crippen molar-refractivity contribution in [3.63, 3.8) is 0 Å². The summed E-state index contributed by atoms with van der Waals surface area (Å²) in [5.74, 6) is 1.87. The fourth-order valence-corrected chi connectivity index (χ4v) is 4.52. The van der Waals surface area contributed by atoms with Crippen molar-refractivity contribution >= 4 is 41.3 Å². The summed E-state index contributed by atoms with van der Waals surface area (Å²) < 4.78 is 5.81. The van der Waals surface area contributed by atoms with E-state index in [0.29, 0.717) is 0 Å². The van der Waals surface area contributed by atoms with E-state index in [1.165, 1.54) is 22.3 Å². The maximum Gasteiger partial charge on any atom is 0.192 e. The van der Waals surface area contributed by atoms with Crippen LogP contribution in [0.3, 0.4) is 0 Å². The lowest BCUT2D eigenvalue weighted by atomic mass is 10.00. The molecule has 2 atom stereocenters. The molecule has 2 aromatic carbocycles. The highest BCUT2D eigenvalue weighted by atomic mass is 127. The first-order valence-corrected chi connectivity index (χ1v) is 10.9. The van der Waals surface area contributed by atoms with Gasteiger partial charge in [-0.15, -0.1) is 35.3 Å². The van der Waals surface area contributed by atoms with Gasteiger partial charge in [-0.05, 0) is 48.2 Å². The highest BCUT2D eigenvalue weighted by Crippen LogP contribution is 2.32. The van der Waals surface area contributed by atoms with Crippen molar-refractivity contribution < 1.29 is 4.74 Å². The molecule has 0 aliphatic carbocycles. The third kappa shape index (κ3) is 4.46. The van der Waals surface area contributed by atoms with Gasteiger partial charge < -0.3 is 15.4 Å². The smallest absolute Gasteiger partial charge is 0.192 e. The fraction of sp³-hybridized carbons (Fsp3) is 0.304. The van der Waals surface area contributed by atoms with Gasteiger partial charge in [0.15, 0.2) is 5.96 Å². The van der Waals surface area contributed by atoms with Crippen LogP contribution in [-0.2, 0) is 13.0 Å². The van der Waals surface area contributed by atoms with Crippen molar-refractivity contribution in [3.05, 3.63) is 69.7 Å². The monoisotopic (exact) mass is 532 g/mol. The summed E-state index contributed by atoms with van der Waals surface area (Å²) in [5, 5.41) is 10.0. The molecule has 5 nitrogen and oxygen atoms in total. The molecule has 0 radical (unpaired) electrons. The van der Waals surface area contributed by atoms with Crippen molar-refractivity contribution in [2.75, 3.05) is 6.54 Å². The van der Waals surface area contributed by atoms with Crippen molar-refractivity contribution in [2.45, 2.75) is 39.0 Å². The molecule has 7 heteroatoms. The Bertz CT molecular complexity index is 1060. The predicted molar refractivity (Wildman–Crippen MR) is 133 cm³/mol. The zero-order valence-electron chi connectivity index (χ0n) is 17.0. The van der Waals surface area contributed by atoms with Crippen LogP contribution in [0, 0.1) is 6.92 Å². The number of hydrogen-bond acceptors (Lipinski definition) is 6. The van der Waals surface area contributed by atoms with Crippen LogP contribution in [0.4, 0.5) is 0 Å². The standard InChI is InChI=1S/C23H24N4OS.HI/c1-14-9-19-10-18(7-8-22(19)28-14)17-5-3-16(4-6-17)11-24-23-25-12-20(27-23)21-13-29-15(2)26-21;/h3-8,10,13-14,20H,9,11-12H2,1-2H3,(H2,24,25,27);1H. The van der Waals surface area contributed by atoms with Gasteiger partial charge >= 0.3 is 0 Å². The summed E-state index contributed by atoms with van der Waals surface area (Å²) in [6, 6.07) is 15.4. The Hall–Kier alpha value is -2.13. The lowest BCUT2D eigenvalue weighted by molar-refractivity contribution is 0.254. The van der Waals surface area contributed by atoms with E-state index in [9.17, 15) is 0 Å². The average molecular weight is 532 g/mol. The molecule has 2 aliphatic rings. The maximum atomic E-state index is 5.81. The summed E-state index contributed by atoms with van der Waals surface area (Å²) >= 11 is 1.68. The molecule has 0 saturated heterocycles. The maximum absolute atomic E-state index is 5.81. The minimum atomic E-state index is 0. The number of aromatic nitrogens is 1. The molecule has 3 aromatic rings. The normalized spacial score (nSPS) is 19.3. The predicted octanol–water partition coefficient (Wildman–Crippen LogP) is 4.85. The molecule has 0 bridgehead atoms. The Labute approximate surface area is 198 Å². The molecular formula is C23H25IN4OS. The number of hydrogen-bond donors (Lipinski definition) is 2. The van der Waals surface area contributed by atoms with E-state index >= 15 is 0 Å². The van der Waals surface area contributed by atoms with Crippen LogP contribution in [0.15, 0.2) is 52.8 Å². The van der Waals surface area contributed by atoms with Crippen LogP contribution in [0.5, 0.6) is 5.75 Å². The lowest BCUT2D eigenvalue weighted by Gasteiger charge is -2.11. The SMILES string of the molecule is Cc1nc(C2CN=C(NCc3ccc(-c4ccc5c(c4)CC(C)O5)cc3)N2)cs1.I. The number of aryl methyl sites for hydroxylation is 1. The quantitative estimate of drug-likeness (QED) is 0.472. The molecule has 2 aliphatic heterocycles. The first-order chi connectivity index (χ1) is 14.1. The van der Waals surface area contributed by atoms with Gasteiger partial charge in [0, 0.05) is 18.3 Å². The van der Waals surface area contributed by atoms with E-state index in [4.69, 9.17) is 4.74 Å². The number of halogens is 1. The van der Waals surface area contributed by atoms with Crippen molar-refractivity contribution in [2.24, 2.45) is 4.99 Å². The number of nitrogens with one attached hydrogen (secondary N) is 2. The second-order valence-corrected chi connectivity index (χ2v) is 8.75. The second kappa shape index (κ2) is 8.93. The number of benzene rings is 2. The Morgan fingerprint density at radius 3 is 2.73 bits per heavy atom. The molecule has 0 saturated carbocycles. The van der Waals surface area contributed by atoms with Crippen LogP contribution in [0.25, 0.3) is 11.1 Å². The molecule has 0 amide bonds. The molecule has 2 N–H and O–H groups in total. The number of guanidine groups is 1. The van der Waals surface area contributed by atoms with Gasteiger partial charge in [0.2, 0.25) is 0 Å². The van der Waals surface area contributed by atoms with E-state index < -0.39 is 0 Å². The van der Waals surface area contributed by atoms with Crippen LogP contribution >= 0.6 is 35.3 Å². The average Bonchev–Trinajstić information content (AvgIpc) is 3.45. The molecule has 0 spiro atoms. The fourth-order valence-electron chi connectivity index (χ4n) is 3.86. The molecule has 30 heavy (non-hydrogen) atoms. The van der Waals surface area contributed by atoms with Gasteiger partial charge in [0.1, 0.15) is 11.9 Å². The first-order valence-electron chi connectivity index (χ1n) is 10.00. The number of nitrogens with zero attached hydrogens (tertiary/aromatic N) is 2. The molecule has 1 aromatic heterocycles. The minimum absolute atomic E-state index is 0. The van der Waals surface area contributed by atoms with Crippen molar-refractivity contribution in [1.82, 2.24) is 15.6 Å². The van der Waals surface area contributed by atoms with Crippen LogP contribution in [0.1, 0.15) is 34.8 Å². The third-order valence-electron chi connectivity index (χ3n) is 5.38. The van der Waals surface area contributed by atoms with E-state index in [-0.39, 0.29) is 36.1 Å². The lowest BCUT2D eigenvalue weighted by Crippen LogP contribution is -2.35. The Balaban J connectivity index is 0.00000218. The summed E-state index contributed by atoms with van der Waals surface area (Å²) in [6.07, 6.45) is 1.27. The van der Waals surface area contributed by atoms with Gasteiger partial charge in [-0.2, -0.15) is 0 Å². The topological polar surface area (TPSA) is 58.5 Å². The summed E-state index contributed by atoms with van der Waals surface area (Å²) in [7, 11) is 0. The largest absolute Gasteiger partial charge is 0.490 e.